The van der Waals surface area contributed by atoms with Gasteiger partial charge in [0.05, 0.1) is 13.6 Å². The van der Waals surface area contributed by atoms with Crippen molar-refractivity contribution in [1.29, 1.82) is 0 Å². The predicted octanol–water partition coefficient (Wildman–Crippen LogP) is 1.59. The molecule has 104 valence electrons. The number of nitrogens with one attached hydrogen (secondary N) is 1. The average molecular weight is 271 g/mol. The molecule has 0 atom stereocenters. The van der Waals surface area contributed by atoms with E-state index >= 15 is 0 Å². The van der Waals surface area contributed by atoms with E-state index in [0.29, 0.717) is 6.54 Å². The Hall–Kier alpha value is -2.30. The van der Waals surface area contributed by atoms with Crippen LogP contribution in [0.3, 0.4) is 0 Å². The van der Waals surface area contributed by atoms with Gasteiger partial charge in [0.2, 0.25) is 6.33 Å². The zero-order valence-electron chi connectivity index (χ0n) is 11.8. The fourth-order valence-corrected chi connectivity index (χ4v) is 2.61. The summed E-state index contributed by atoms with van der Waals surface area (Å²) in [5, 5.41) is 0. The highest BCUT2D eigenvalue weighted by Gasteiger charge is 2.31. The lowest BCUT2D eigenvalue weighted by Gasteiger charge is -2.18. The number of amides is 2. The van der Waals surface area contributed by atoms with Crippen LogP contribution in [0.15, 0.2) is 36.7 Å². The van der Waals surface area contributed by atoms with Crippen LogP contribution >= 0.6 is 0 Å². The molecule has 0 saturated carbocycles. The van der Waals surface area contributed by atoms with Crippen LogP contribution in [0.25, 0.3) is 0 Å². The molecule has 1 aromatic heterocycles. The van der Waals surface area contributed by atoms with Gasteiger partial charge in [-0.2, -0.15) is 0 Å². The van der Waals surface area contributed by atoms with Crippen molar-refractivity contribution in [1.82, 2.24) is 9.88 Å². The highest BCUT2D eigenvalue weighted by molar-refractivity contribution is 5.94. The number of H-pyrrole nitrogens is 1. The van der Waals surface area contributed by atoms with Gasteiger partial charge in [-0.05, 0) is 12.1 Å². The van der Waals surface area contributed by atoms with Crippen molar-refractivity contribution < 1.29 is 9.36 Å². The maximum absolute atomic E-state index is 12.5. The summed E-state index contributed by atoms with van der Waals surface area (Å²) in [6, 6.07) is 9.91. The number of carbonyl (C=O) groups is 1. The van der Waals surface area contributed by atoms with Crippen LogP contribution in [0.1, 0.15) is 11.4 Å². The Balaban J connectivity index is 1.77. The summed E-state index contributed by atoms with van der Waals surface area (Å²) in [5.74, 6) is 0. The van der Waals surface area contributed by atoms with Gasteiger partial charge in [0.25, 0.3) is 0 Å². The molecule has 1 aromatic carbocycles. The van der Waals surface area contributed by atoms with Gasteiger partial charge >= 0.3 is 6.03 Å². The number of hydrogen-bond acceptors (Lipinski definition) is 1. The monoisotopic (exact) mass is 271 g/mol. The summed E-state index contributed by atoms with van der Waals surface area (Å²) in [7, 11) is 1.99. The molecule has 3 rings (SSSR count). The van der Waals surface area contributed by atoms with E-state index in [4.69, 9.17) is 0 Å². The number of carbonyl (C=O) groups excluding carboxylic acids is 1. The normalized spacial score (nSPS) is 15.2. The van der Waals surface area contributed by atoms with E-state index in [1.807, 2.05) is 65.0 Å². The Morgan fingerprint density at radius 1 is 1.25 bits per heavy atom. The van der Waals surface area contributed by atoms with Crippen molar-refractivity contribution in [3.05, 3.63) is 48.0 Å². The van der Waals surface area contributed by atoms with Crippen LogP contribution in [-0.2, 0) is 13.6 Å². The Morgan fingerprint density at radius 2 is 2.00 bits per heavy atom. The van der Waals surface area contributed by atoms with E-state index in [0.717, 1.165) is 30.2 Å². The molecule has 0 radical (unpaired) electrons. The first-order valence-corrected chi connectivity index (χ1v) is 6.81. The van der Waals surface area contributed by atoms with Crippen molar-refractivity contribution in [2.75, 3.05) is 18.0 Å². The predicted molar refractivity (Wildman–Crippen MR) is 76.3 cm³/mol. The highest BCUT2D eigenvalue weighted by Crippen LogP contribution is 2.20. The van der Waals surface area contributed by atoms with Crippen LogP contribution in [0.5, 0.6) is 0 Å². The molecular formula is C15H19N4O+. The molecule has 0 aliphatic carbocycles. The second-order valence-corrected chi connectivity index (χ2v) is 5.15. The number of aromatic amines is 1. The zero-order chi connectivity index (χ0) is 14.1. The van der Waals surface area contributed by atoms with Crippen LogP contribution in [0, 0.1) is 6.92 Å². The molecule has 1 aliphatic rings. The molecule has 1 aliphatic heterocycles. The lowest BCUT2D eigenvalue weighted by atomic mass is 10.3. The number of imidazole rings is 1. The minimum absolute atomic E-state index is 0.0804. The van der Waals surface area contributed by atoms with Crippen LogP contribution < -0.4 is 9.47 Å². The largest absolute Gasteiger partial charge is 0.325 e. The number of rotatable bonds is 3. The third-order valence-electron chi connectivity index (χ3n) is 3.84. The number of aryl methyl sites for hydroxylation is 2. The van der Waals surface area contributed by atoms with E-state index in [2.05, 4.69) is 4.98 Å². The fraction of sp³-hybridized carbons (Fsp3) is 0.333. The number of para-hydroxylation sites is 1. The van der Waals surface area contributed by atoms with Crippen molar-refractivity contribution in [3.8, 4) is 0 Å². The van der Waals surface area contributed by atoms with Crippen molar-refractivity contribution in [2.24, 2.45) is 7.05 Å². The second kappa shape index (κ2) is 5.00. The van der Waals surface area contributed by atoms with Gasteiger partial charge in [0.15, 0.2) is 5.69 Å². The summed E-state index contributed by atoms with van der Waals surface area (Å²) in [6.07, 6.45) is 1.92. The minimum Gasteiger partial charge on any atom is -0.314 e. The Labute approximate surface area is 118 Å². The summed E-state index contributed by atoms with van der Waals surface area (Å²) < 4.78 is 2.04. The summed E-state index contributed by atoms with van der Waals surface area (Å²) in [6.45, 7) is 4.19. The summed E-state index contributed by atoms with van der Waals surface area (Å²) in [4.78, 5) is 19.4. The van der Waals surface area contributed by atoms with Crippen LogP contribution in [0.4, 0.5) is 10.5 Å². The molecule has 5 nitrogen and oxygen atoms in total. The molecule has 20 heavy (non-hydrogen) atoms. The van der Waals surface area contributed by atoms with Gasteiger partial charge in [-0.3, -0.25) is 4.90 Å². The Bertz CT molecular complexity index is 601. The number of anilines is 1. The number of nitrogens with zero attached hydrogens (tertiary/aromatic N) is 3. The maximum atomic E-state index is 12.5. The van der Waals surface area contributed by atoms with Crippen molar-refractivity contribution >= 4 is 11.7 Å². The van der Waals surface area contributed by atoms with E-state index in [9.17, 15) is 4.79 Å². The molecular weight excluding hydrogens is 252 g/mol. The molecule has 1 N–H and O–H groups in total. The minimum atomic E-state index is 0.0804. The van der Waals surface area contributed by atoms with Gasteiger partial charge < -0.3 is 4.90 Å². The van der Waals surface area contributed by atoms with Gasteiger partial charge in [-0.15, -0.1) is 0 Å². The van der Waals surface area contributed by atoms with E-state index in [1.54, 1.807) is 0 Å². The van der Waals surface area contributed by atoms with Crippen molar-refractivity contribution in [3.63, 3.8) is 0 Å². The second-order valence-electron chi connectivity index (χ2n) is 5.15. The van der Waals surface area contributed by atoms with Gasteiger partial charge in [-0.25, -0.2) is 14.3 Å². The molecule has 5 heteroatoms. The van der Waals surface area contributed by atoms with Gasteiger partial charge in [-0.1, -0.05) is 18.2 Å². The first-order chi connectivity index (χ1) is 9.66. The molecule has 0 unspecified atom stereocenters. The average Bonchev–Trinajstić information content (AvgIpc) is 2.98. The van der Waals surface area contributed by atoms with Crippen LogP contribution in [0.2, 0.25) is 0 Å². The molecule has 2 aromatic rings. The van der Waals surface area contributed by atoms with E-state index in [-0.39, 0.29) is 6.03 Å². The number of benzene rings is 1. The third-order valence-corrected chi connectivity index (χ3v) is 3.84. The van der Waals surface area contributed by atoms with Crippen molar-refractivity contribution in [2.45, 2.75) is 13.5 Å². The lowest BCUT2D eigenvalue weighted by molar-refractivity contribution is -0.678. The summed E-state index contributed by atoms with van der Waals surface area (Å²) in [5.41, 5.74) is 3.22. The molecule has 2 amide bonds. The molecule has 1 saturated heterocycles. The Kier molecular flexibility index (Phi) is 3.18. The smallest absolute Gasteiger partial charge is 0.314 e. The molecule has 0 spiro atoms. The fourth-order valence-electron chi connectivity index (χ4n) is 2.61. The number of urea groups is 1. The lowest BCUT2D eigenvalue weighted by Crippen LogP contribution is -2.37. The summed E-state index contributed by atoms with van der Waals surface area (Å²) >= 11 is 0. The maximum Gasteiger partial charge on any atom is 0.325 e. The standard InChI is InChI=1S/C15H18N4O/c1-12-14(17(2)11-16-12)10-18-8-9-19(15(18)20)13-6-4-3-5-7-13/h3-7,11H,8-10H2,1-2H3/p+1. The topological polar surface area (TPSA) is 43.2 Å². The first kappa shape index (κ1) is 12.7. The number of aromatic nitrogens is 2. The van der Waals surface area contributed by atoms with Gasteiger partial charge in [0, 0.05) is 25.7 Å². The first-order valence-electron chi connectivity index (χ1n) is 6.81. The quantitative estimate of drug-likeness (QED) is 0.846. The zero-order valence-corrected chi connectivity index (χ0v) is 11.8. The van der Waals surface area contributed by atoms with Crippen LogP contribution in [-0.4, -0.2) is 29.0 Å². The van der Waals surface area contributed by atoms with E-state index in [1.165, 1.54) is 0 Å². The number of hydrogen-bond donors (Lipinski definition) is 1. The molecule has 1 fully saturated rings. The Morgan fingerprint density at radius 3 is 2.65 bits per heavy atom. The van der Waals surface area contributed by atoms with Gasteiger partial charge in [0.1, 0.15) is 5.69 Å². The highest BCUT2D eigenvalue weighted by atomic mass is 16.2. The SMILES string of the molecule is Cc1[nH]c[n+](C)c1CN1CCN(c2ccccc2)C1=O. The molecule has 0 bridgehead atoms. The molecule has 2 heterocycles. The third kappa shape index (κ3) is 2.15. The van der Waals surface area contributed by atoms with E-state index < -0.39 is 0 Å².